The topological polar surface area (TPSA) is 237 Å². The van der Waals surface area contributed by atoms with Crippen molar-refractivity contribution in [3.8, 4) is 17.2 Å². The second-order valence-corrected chi connectivity index (χ2v) is 12.6. The maximum Gasteiger partial charge on any atom is 0.434 e. The van der Waals surface area contributed by atoms with Gasteiger partial charge in [0.05, 0.1) is 49.2 Å². The monoisotopic (exact) mass is 691 g/mol. The molecule has 262 valence electrons. The number of Topliss-reactive ketones (excluding diaryl/α,β-unsaturated/α-hetero) is 1. The first kappa shape index (κ1) is 34.6. The van der Waals surface area contributed by atoms with E-state index in [1.807, 2.05) is 0 Å². The van der Waals surface area contributed by atoms with Crippen molar-refractivity contribution in [2.45, 2.75) is 75.5 Å². The molecule has 1 saturated heterocycles. The molecule has 1 aromatic heterocycles. The molecular formula is C33H33N5O12. The van der Waals surface area contributed by atoms with Crippen molar-refractivity contribution >= 4 is 23.3 Å². The molecule has 3 aliphatic rings. The van der Waals surface area contributed by atoms with Gasteiger partial charge in [-0.2, -0.15) is 0 Å². The van der Waals surface area contributed by atoms with Gasteiger partial charge in [-0.05, 0) is 24.8 Å². The SMILES string of the molecule is [C-]#[N+]C(NC1C[C@H](O[C@H]2C[C@](O)(C(C)=O)Cc3c(O)c4c(c(O)c32)C(=O)c2c(OC)cccc2C4=O)O[C@@H](C)C1O)c1cnc([N+](=O)[O-])n1C. The number of carbonyl (C=O) groups is 3. The van der Waals surface area contributed by atoms with Gasteiger partial charge in [0.2, 0.25) is 11.5 Å². The summed E-state index contributed by atoms with van der Waals surface area (Å²) < 4.78 is 18.6. The van der Waals surface area contributed by atoms with Crippen molar-refractivity contribution in [2.24, 2.45) is 7.05 Å². The van der Waals surface area contributed by atoms with E-state index in [0.29, 0.717) is 0 Å². The van der Waals surface area contributed by atoms with Crippen LogP contribution in [0.4, 0.5) is 5.95 Å². The molecule has 2 heterocycles. The molecule has 5 N–H and O–H groups in total. The zero-order chi connectivity index (χ0) is 36.4. The van der Waals surface area contributed by atoms with Gasteiger partial charge in [-0.15, -0.1) is 0 Å². The molecule has 0 spiro atoms. The van der Waals surface area contributed by atoms with Crippen molar-refractivity contribution in [2.75, 3.05) is 7.11 Å². The molecule has 0 saturated carbocycles. The molecule has 6 rings (SSSR count). The van der Waals surface area contributed by atoms with Gasteiger partial charge in [0.15, 0.2) is 24.1 Å². The zero-order valence-electron chi connectivity index (χ0n) is 27.2. The molecular weight excluding hydrogens is 658 g/mol. The van der Waals surface area contributed by atoms with Crippen LogP contribution in [0.25, 0.3) is 4.85 Å². The fourth-order valence-corrected chi connectivity index (χ4v) is 7.02. The molecule has 7 atom stereocenters. The maximum absolute atomic E-state index is 13.9. The molecule has 3 aromatic rings. The molecule has 0 bridgehead atoms. The van der Waals surface area contributed by atoms with E-state index in [9.17, 15) is 44.9 Å². The second-order valence-electron chi connectivity index (χ2n) is 12.6. The number of nitro groups is 1. The van der Waals surface area contributed by atoms with Crippen molar-refractivity contribution in [1.29, 1.82) is 0 Å². The highest BCUT2D eigenvalue weighted by Crippen LogP contribution is 2.52. The van der Waals surface area contributed by atoms with Crippen LogP contribution in [0.1, 0.15) is 87.6 Å². The number of hydrogen-bond donors (Lipinski definition) is 5. The number of phenolic OH excluding ortho intramolecular Hbond substituents is 2. The first-order valence-electron chi connectivity index (χ1n) is 15.5. The highest BCUT2D eigenvalue weighted by Gasteiger charge is 2.50. The fourth-order valence-electron chi connectivity index (χ4n) is 7.02. The summed E-state index contributed by atoms with van der Waals surface area (Å²) in [5, 5.41) is 60.0. The van der Waals surface area contributed by atoms with Crippen LogP contribution < -0.4 is 10.1 Å². The molecule has 2 aliphatic carbocycles. The maximum atomic E-state index is 13.9. The molecule has 2 aromatic carbocycles. The van der Waals surface area contributed by atoms with Crippen LogP contribution in [0.2, 0.25) is 0 Å². The Labute approximate surface area is 284 Å². The number of aliphatic hydroxyl groups is 2. The van der Waals surface area contributed by atoms with Crippen LogP contribution in [0, 0.1) is 16.7 Å². The van der Waals surface area contributed by atoms with E-state index < -0.39 is 106 Å². The standard InChI is InChI=1S/C33H33N5O12/c1-13-26(40)17(36-31(34-3)18-12-35-32(37(18)4)38(46)47)9-21(49-13)50-20-11-33(45,14(2)39)10-16-23(20)30(44)25-24(28(16)42)27(41)15-7-6-8-19(48-5)22(15)29(25)43/h6-8,12-13,17,20-21,26,31,36,40,42,44-45H,9-11H2,1-2,4-5H3/t13-,17?,20-,21-,26?,31?,33-/m0/s1. The van der Waals surface area contributed by atoms with Gasteiger partial charge < -0.3 is 44.8 Å². The predicted octanol–water partition coefficient (Wildman–Crippen LogP) is 1.92. The Bertz CT molecular complexity index is 2000. The Hall–Kier alpha value is -5.25. The van der Waals surface area contributed by atoms with Crippen molar-refractivity contribution in [3.63, 3.8) is 0 Å². The summed E-state index contributed by atoms with van der Waals surface area (Å²) >= 11 is 0. The van der Waals surface area contributed by atoms with E-state index in [4.69, 9.17) is 20.8 Å². The van der Waals surface area contributed by atoms with Gasteiger partial charge in [0, 0.05) is 42.0 Å². The summed E-state index contributed by atoms with van der Waals surface area (Å²) in [6.07, 6.45) is -5.82. The van der Waals surface area contributed by atoms with Crippen LogP contribution in [-0.4, -0.2) is 89.5 Å². The third-order valence-corrected chi connectivity index (χ3v) is 9.70. The van der Waals surface area contributed by atoms with Gasteiger partial charge in [0.25, 0.3) is 0 Å². The number of nitrogens with one attached hydrogen (secondary N) is 1. The van der Waals surface area contributed by atoms with E-state index in [2.05, 4.69) is 15.1 Å². The van der Waals surface area contributed by atoms with Crippen LogP contribution in [0.5, 0.6) is 17.2 Å². The zero-order valence-corrected chi connectivity index (χ0v) is 27.2. The number of phenols is 2. The minimum Gasteiger partial charge on any atom is -0.507 e. The number of aromatic nitrogens is 2. The summed E-state index contributed by atoms with van der Waals surface area (Å²) in [7, 11) is 2.68. The van der Waals surface area contributed by atoms with Crippen LogP contribution in [0.15, 0.2) is 24.4 Å². The molecule has 1 aliphatic heterocycles. The van der Waals surface area contributed by atoms with E-state index in [1.165, 1.54) is 45.5 Å². The molecule has 17 heteroatoms. The first-order valence-corrected chi connectivity index (χ1v) is 15.5. The first-order chi connectivity index (χ1) is 23.6. The van der Waals surface area contributed by atoms with Crippen molar-refractivity contribution in [1.82, 2.24) is 14.9 Å². The van der Waals surface area contributed by atoms with Crippen LogP contribution in [-0.2, 0) is 27.7 Å². The number of aliphatic hydroxyl groups excluding tert-OH is 1. The van der Waals surface area contributed by atoms with Crippen molar-refractivity contribution < 1.29 is 53.9 Å². The minimum atomic E-state index is -2.13. The summed E-state index contributed by atoms with van der Waals surface area (Å²) in [4.78, 5) is 58.2. The normalized spacial score (nSPS) is 26.3. The lowest BCUT2D eigenvalue weighted by Crippen LogP contribution is -2.55. The molecule has 0 radical (unpaired) electrons. The summed E-state index contributed by atoms with van der Waals surface area (Å²) in [6, 6.07) is 3.44. The van der Waals surface area contributed by atoms with Crippen LogP contribution in [0.3, 0.4) is 0 Å². The Morgan fingerprint density at radius 2 is 1.94 bits per heavy atom. The molecule has 0 amide bonds. The van der Waals surface area contributed by atoms with E-state index in [1.54, 1.807) is 0 Å². The van der Waals surface area contributed by atoms with Gasteiger partial charge in [-0.1, -0.05) is 17.1 Å². The number of ketones is 3. The lowest BCUT2D eigenvalue weighted by atomic mass is 9.72. The number of nitrogens with zero attached hydrogens (tertiary/aromatic N) is 4. The Kier molecular flexibility index (Phi) is 8.70. The number of rotatable bonds is 8. The summed E-state index contributed by atoms with van der Waals surface area (Å²) in [6.45, 7) is 10.4. The number of fused-ring (bicyclic) bond motifs is 3. The summed E-state index contributed by atoms with van der Waals surface area (Å²) in [5.41, 5.74) is -3.45. The van der Waals surface area contributed by atoms with Gasteiger partial charge >= 0.3 is 12.1 Å². The highest BCUT2D eigenvalue weighted by molar-refractivity contribution is 6.31. The molecule has 50 heavy (non-hydrogen) atoms. The molecule has 17 nitrogen and oxygen atoms in total. The number of ether oxygens (including phenoxy) is 3. The number of imidazole rings is 1. The number of hydrogen-bond acceptors (Lipinski definition) is 14. The molecule has 3 unspecified atom stereocenters. The average Bonchev–Trinajstić information content (AvgIpc) is 3.46. The predicted molar refractivity (Wildman–Crippen MR) is 168 cm³/mol. The van der Waals surface area contributed by atoms with Gasteiger partial charge in [0.1, 0.15) is 22.8 Å². The number of aromatic hydroxyl groups is 2. The number of benzene rings is 2. The Morgan fingerprint density at radius 3 is 2.56 bits per heavy atom. The lowest BCUT2D eigenvalue weighted by molar-refractivity contribution is -0.396. The van der Waals surface area contributed by atoms with Gasteiger partial charge in [-0.25, -0.2) is 16.5 Å². The van der Waals surface area contributed by atoms with Crippen LogP contribution >= 0.6 is 0 Å². The van der Waals surface area contributed by atoms with E-state index in [0.717, 1.165) is 11.5 Å². The summed E-state index contributed by atoms with van der Waals surface area (Å²) in [5.74, 6) is -4.08. The average molecular weight is 692 g/mol. The highest BCUT2D eigenvalue weighted by atomic mass is 16.7. The van der Waals surface area contributed by atoms with E-state index >= 15 is 0 Å². The fraction of sp³-hybridized carbons (Fsp3) is 0.424. The Balaban J connectivity index is 1.38. The largest absolute Gasteiger partial charge is 0.507 e. The second kappa shape index (κ2) is 12.6. The number of carbonyl (C=O) groups excluding carboxylic acids is 3. The Morgan fingerprint density at radius 1 is 1.24 bits per heavy atom. The third kappa shape index (κ3) is 5.37. The molecule has 1 fully saturated rings. The van der Waals surface area contributed by atoms with E-state index in [-0.39, 0.29) is 40.1 Å². The van der Waals surface area contributed by atoms with Gasteiger partial charge in [-0.3, -0.25) is 19.2 Å². The number of methoxy groups -OCH3 is 1. The quantitative estimate of drug-likeness (QED) is 0.0768. The van der Waals surface area contributed by atoms with Crippen molar-refractivity contribution in [3.05, 3.63) is 85.0 Å². The smallest absolute Gasteiger partial charge is 0.434 e. The lowest BCUT2D eigenvalue weighted by Gasteiger charge is -2.42. The minimum absolute atomic E-state index is 0.0675. The third-order valence-electron chi connectivity index (χ3n) is 9.70.